The average Bonchev–Trinajstić information content (AvgIpc) is 2.95. The molecule has 0 unspecified atom stereocenters. The molecule has 0 radical (unpaired) electrons. The molecule has 0 spiro atoms. The molecule has 0 aliphatic carbocycles. The number of aliphatic hydroxyl groups excluding tert-OH is 1. The Bertz CT molecular complexity index is 488. The standard InChI is InChI=1S/C11H17N5O/c1-3-9-5-10(15(4-2)14-9)6-16-11(7-17)12-8-13-16/h5,8,17H,3-4,6-7H2,1-2H3. The Labute approximate surface area is 99.9 Å². The van der Waals surface area contributed by atoms with Crippen molar-refractivity contribution in [1.82, 2.24) is 24.5 Å². The average molecular weight is 235 g/mol. The van der Waals surface area contributed by atoms with Crippen LogP contribution in [-0.4, -0.2) is 29.7 Å². The highest BCUT2D eigenvalue weighted by Crippen LogP contribution is 2.08. The Kier molecular flexibility index (Phi) is 3.53. The topological polar surface area (TPSA) is 68.8 Å². The first-order chi connectivity index (χ1) is 8.28. The van der Waals surface area contributed by atoms with Gasteiger partial charge < -0.3 is 5.11 Å². The second-order valence-electron chi connectivity index (χ2n) is 3.79. The SMILES string of the molecule is CCc1cc(Cn2ncnc2CO)n(CC)n1. The van der Waals surface area contributed by atoms with Crippen molar-refractivity contribution in [1.29, 1.82) is 0 Å². The minimum Gasteiger partial charge on any atom is -0.388 e. The van der Waals surface area contributed by atoms with Gasteiger partial charge >= 0.3 is 0 Å². The summed E-state index contributed by atoms with van der Waals surface area (Å²) in [6.45, 7) is 5.47. The number of aliphatic hydroxyl groups is 1. The predicted octanol–water partition coefficient (Wildman–Crippen LogP) is 0.597. The van der Waals surface area contributed by atoms with Crippen LogP contribution in [0.3, 0.4) is 0 Å². The normalized spacial score (nSPS) is 11.0. The number of rotatable bonds is 5. The van der Waals surface area contributed by atoms with Crippen LogP contribution in [0.2, 0.25) is 0 Å². The van der Waals surface area contributed by atoms with Crippen LogP contribution in [0.25, 0.3) is 0 Å². The zero-order valence-electron chi connectivity index (χ0n) is 10.2. The number of aryl methyl sites for hydroxylation is 2. The molecular weight excluding hydrogens is 218 g/mol. The van der Waals surface area contributed by atoms with Crippen LogP contribution >= 0.6 is 0 Å². The lowest BCUT2D eigenvalue weighted by atomic mass is 10.3. The molecule has 2 rings (SSSR count). The van der Waals surface area contributed by atoms with Crippen LogP contribution in [0, 0.1) is 0 Å². The molecule has 0 fully saturated rings. The lowest BCUT2D eigenvalue weighted by Crippen LogP contribution is -2.11. The minimum absolute atomic E-state index is 0.0963. The van der Waals surface area contributed by atoms with E-state index in [1.165, 1.54) is 6.33 Å². The summed E-state index contributed by atoms with van der Waals surface area (Å²) in [5.41, 5.74) is 2.16. The molecule has 0 saturated heterocycles. The third kappa shape index (κ3) is 2.36. The molecule has 2 aromatic heterocycles. The fourth-order valence-corrected chi connectivity index (χ4v) is 1.78. The van der Waals surface area contributed by atoms with E-state index in [9.17, 15) is 0 Å². The van der Waals surface area contributed by atoms with Crippen LogP contribution in [0.4, 0.5) is 0 Å². The van der Waals surface area contributed by atoms with Gasteiger partial charge in [0, 0.05) is 6.54 Å². The Balaban J connectivity index is 2.25. The van der Waals surface area contributed by atoms with Gasteiger partial charge in [-0.2, -0.15) is 10.2 Å². The number of hydrogen-bond acceptors (Lipinski definition) is 4. The summed E-state index contributed by atoms with van der Waals surface area (Å²) >= 11 is 0. The highest BCUT2D eigenvalue weighted by Gasteiger charge is 2.09. The lowest BCUT2D eigenvalue weighted by molar-refractivity contribution is 0.263. The first-order valence-electron chi connectivity index (χ1n) is 5.81. The van der Waals surface area contributed by atoms with Gasteiger partial charge in [0.25, 0.3) is 0 Å². The van der Waals surface area contributed by atoms with E-state index in [1.54, 1.807) is 4.68 Å². The fourth-order valence-electron chi connectivity index (χ4n) is 1.78. The molecule has 17 heavy (non-hydrogen) atoms. The van der Waals surface area contributed by atoms with Gasteiger partial charge in [0.1, 0.15) is 12.9 Å². The molecular formula is C11H17N5O. The van der Waals surface area contributed by atoms with E-state index in [4.69, 9.17) is 5.11 Å². The smallest absolute Gasteiger partial charge is 0.152 e. The van der Waals surface area contributed by atoms with Crippen molar-refractivity contribution >= 4 is 0 Å². The summed E-state index contributed by atoms with van der Waals surface area (Å²) in [6.07, 6.45) is 2.38. The van der Waals surface area contributed by atoms with E-state index in [0.29, 0.717) is 12.4 Å². The Morgan fingerprint density at radius 2 is 2.12 bits per heavy atom. The molecule has 0 saturated carbocycles. The molecule has 6 nitrogen and oxygen atoms in total. The second kappa shape index (κ2) is 5.09. The summed E-state index contributed by atoms with van der Waals surface area (Å²) < 4.78 is 3.66. The Morgan fingerprint density at radius 1 is 1.29 bits per heavy atom. The molecule has 6 heteroatoms. The molecule has 0 aliphatic rings. The zero-order chi connectivity index (χ0) is 12.3. The quantitative estimate of drug-likeness (QED) is 0.824. The first kappa shape index (κ1) is 11.8. The van der Waals surface area contributed by atoms with Crippen molar-refractivity contribution in [3.63, 3.8) is 0 Å². The van der Waals surface area contributed by atoms with Crippen molar-refractivity contribution < 1.29 is 5.11 Å². The van der Waals surface area contributed by atoms with Gasteiger partial charge in [-0.3, -0.25) is 4.68 Å². The fraction of sp³-hybridized carbons (Fsp3) is 0.545. The molecule has 2 heterocycles. The maximum atomic E-state index is 9.12. The molecule has 0 atom stereocenters. The molecule has 0 bridgehead atoms. The van der Waals surface area contributed by atoms with Crippen LogP contribution in [-0.2, 0) is 26.1 Å². The molecule has 92 valence electrons. The summed E-state index contributed by atoms with van der Waals surface area (Å²) in [5.74, 6) is 0.576. The highest BCUT2D eigenvalue weighted by molar-refractivity contribution is 5.11. The van der Waals surface area contributed by atoms with Gasteiger partial charge in [-0.05, 0) is 19.4 Å². The zero-order valence-corrected chi connectivity index (χ0v) is 10.2. The van der Waals surface area contributed by atoms with E-state index in [1.807, 2.05) is 4.68 Å². The third-order valence-electron chi connectivity index (χ3n) is 2.72. The number of nitrogens with zero attached hydrogens (tertiary/aromatic N) is 5. The molecule has 2 aromatic rings. The second-order valence-corrected chi connectivity index (χ2v) is 3.79. The lowest BCUT2D eigenvalue weighted by Gasteiger charge is -2.06. The number of hydrogen-bond donors (Lipinski definition) is 1. The van der Waals surface area contributed by atoms with Crippen molar-refractivity contribution in [3.05, 3.63) is 29.6 Å². The van der Waals surface area contributed by atoms with Crippen molar-refractivity contribution in [3.8, 4) is 0 Å². The Hall–Kier alpha value is -1.69. The summed E-state index contributed by atoms with van der Waals surface area (Å²) in [4.78, 5) is 3.99. The maximum Gasteiger partial charge on any atom is 0.152 e. The van der Waals surface area contributed by atoms with Gasteiger partial charge in [-0.25, -0.2) is 9.67 Å². The maximum absolute atomic E-state index is 9.12. The predicted molar refractivity (Wildman–Crippen MR) is 62.3 cm³/mol. The summed E-state index contributed by atoms with van der Waals surface area (Å²) in [7, 11) is 0. The summed E-state index contributed by atoms with van der Waals surface area (Å²) in [5, 5.41) is 17.7. The van der Waals surface area contributed by atoms with Gasteiger partial charge in [0.2, 0.25) is 0 Å². The van der Waals surface area contributed by atoms with Crippen LogP contribution in [0.5, 0.6) is 0 Å². The van der Waals surface area contributed by atoms with E-state index >= 15 is 0 Å². The van der Waals surface area contributed by atoms with Gasteiger partial charge in [-0.1, -0.05) is 6.92 Å². The van der Waals surface area contributed by atoms with Crippen LogP contribution in [0.15, 0.2) is 12.4 Å². The molecule has 1 N–H and O–H groups in total. The third-order valence-corrected chi connectivity index (χ3v) is 2.72. The molecule has 0 aromatic carbocycles. The minimum atomic E-state index is -0.0963. The van der Waals surface area contributed by atoms with E-state index in [0.717, 1.165) is 24.4 Å². The Morgan fingerprint density at radius 3 is 2.76 bits per heavy atom. The highest BCUT2D eigenvalue weighted by atomic mass is 16.3. The van der Waals surface area contributed by atoms with Crippen LogP contribution < -0.4 is 0 Å². The van der Waals surface area contributed by atoms with Gasteiger partial charge in [-0.15, -0.1) is 0 Å². The van der Waals surface area contributed by atoms with E-state index in [2.05, 4.69) is 35.1 Å². The van der Waals surface area contributed by atoms with E-state index < -0.39 is 0 Å². The van der Waals surface area contributed by atoms with Gasteiger partial charge in [0.15, 0.2) is 5.82 Å². The van der Waals surface area contributed by atoms with Crippen molar-refractivity contribution in [2.24, 2.45) is 0 Å². The van der Waals surface area contributed by atoms with Crippen LogP contribution in [0.1, 0.15) is 31.1 Å². The van der Waals surface area contributed by atoms with Crippen molar-refractivity contribution in [2.45, 2.75) is 40.0 Å². The summed E-state index contributed by atoms with van der Waals surface area (Å²) in [6, 6.07) is 2.08. The monoisotopic (exact) mass is 235 g/mol. The largest absolute Gasteiger partial charge is 0.388 e. The van der Waals surface area contributed by atoms with Gasteiger partial charge in [0.05, 0.1) is 17.9 Å². The molecule has 0 amide bonds. The van der Waals surface area contributed by atoms with E-state index in [-0.39, 0.29) is 6.61 Å². The molecule has 0 aliphatic heterocycles. The first-order valence-corrected chi connectivity index (χ1v) is 5.81. The van der Waals surface area contributed by atoms with Crippen molar-refractivity contribution in [2.75, 3.05) is 0 Å². The number of aromatic nitrogens is 5.